The van der Waals surface area contributed by atoms with E-state index >= 15 is 0 Å². The second-order valence-corrected chi connectivity index (χ2v) is 5.76. The molecule has 1 unspecified atom stereocenters. The lowest BCUT2D eigenvalue weighted by Crippen LogP contribution is -2.42. The first-order chi connectivity index (χ1) is 10.3. The van der Waals surface area contributed by atoms with E-state index < -0.39 is 0 Å². The maximum Gasteiger partial charge on any atom is 0.180 e. The normalized spacial score (nSPS) is 19.4. The standard InChI is InChI=1S/C18H27NO2/c1-3-9-15-10-7-8-13-19(15)14-17(20)16-11-5-6-12-18(16)21-4-2/h5-6,11-12,15H,3-4,7-10,13-14H2,1-2H3. The van der Waals surface area contributed by atoms with Crippen molar-refractivity contribution >= 4 is 5.78 Å². The minimum Gasteiger partial charge on any atom is -0.493 e. The van der Waals surface area contributed by atoms with Gasteiger partial charge in [-0.2, -0.15) is 0 Å². The summed E-state index contributed by atoms with van der Waals surface area (Å²) in [5, 5.41) is 0. The molecule has 3 heteroatoms. The zero-order valence-electron chi connectivity index (χ0n) is 13.3. The largest absolute Gasteiger partial charge is 0.493 e. The van der Waals surface area contributed by atoms with Crippen molar-refractivity contribution in [1.29, 1.82) is 0 Å². The van der Waals surface area contributed by atoms with Gasteiger partial charge < -0.3 is 4.74 Å². The Bertz CT molecular complexity index is 456. The van der Waals surface area contributed by atoms with Gasteiger partial charge in [0, 0.05) is 6.04 Å². The maximum atomic E-state index is 12.6. The number of carbonyl (C=O) groups is 1. The van der Waals surface area contributed by atoms with E-state index in [4.69, 9.17) is 4.74 Å². The zero-order chi connectivity index (χ0) is 15.1. The molecule has 3 nitrogen and oxygen atoms in total. The van der Waals surface area contributed by atoms with Crippen LogP contribution in [0.4, 0.5) is 0 Å². The van der Waals surface area contributed by atoms with Gasteiger partial charge in [-0.15, -0.1) is 0 Å². The van der Waals surface area contributed by atoms with Crippen LogP contribution >= 0.6 is 0 Å². The number of nitrogens with zero attached hydrogens (tertiary/aromatic N) is 1. The van der Waals surface area contributed by atoms with Crippen LogP contribution in [-0.2, 0) is 0 Å². The fourth-order valence-corrected chi connectivity index (χ4v) is 3.18. The smallest absolute Gasteiger partial charge is 0.180 e. The third-order valence-electron chi connectivity index (χ3n) is 4.20. The number of ketones is 1. The van der Waals surface area contributed by atoms with Gasteiger partial charge in [-0.3, -0.25) is 9.69 Å². The van der Waals surface area contributed by atoms with E-state index in [-0.39, 0.29) is 5.78 Å². The molecule has 0 amide bonds. The highest BCUT2D eigenvalue weighted by Crippen LogP contribution is 2.23. The number of ether oxygens (including phenoxy) is 1. The summed E-state index contributed by atoms with van der Waals surface area (Å²) in [4.78, 5) is 15.0. The van der Waals surface area contributed by atoms with Crippen molar-refractivity contribution in [2.45, 2.75) is 52.0 Å². The molecule has 1 aromatic carbocycles. The van der Waals surface area contributed by atoms with E-state index in [1.54, 1.807) is 0 Å². The van der Waals surface area contributed by atoms with E-state index in [9.17, 15) is 4.79 Å². The highest BCUT2D eigenvalue weighted by Gasteiger charge is 2.24. The fraction of sp³-hybridized carbons (Fsp3) is 0.611. The first-order valence-electron chi connectivity index (χ1n) is 8.25. The minimum atomic E-state index is 0.182. The summed E-state index contributed by atoms with van der Waals surface area (Å²) >= 11 is 0. The molecule has 1 heterocycles. The Kier molecular flexibility index (Phi) is 6.24. The minimum absolute atomic E-state index is 0.182. The fourth-order valence-electron chi connectivity index (χ4n) is 3.18. The lowest BCUT2D eigenvalue weighted by molar-refractivity contribution is 0.0827. The highest BCUT2D eigenvalue weighted by molar-refractivity contribution is 6.00. The average Bonchev–Trinajstić information content (AvgIpc) is 2.50. The van der Waals surface area contributed by atoms with Gasteiger partial charge in [0.1, 0.15) is 5.75 Å². The molecular formula is C18H27NO2. The van der Waals surface area contributed by atoms with E-state index in [0.717, 1.165) is 12.1 Å². The van der Waals surface area contributed by atoms with Crippen molar-refractivity contribution in [3.8, 4) is 5.75 Å². The number of hydrogen-bond acceptors (Lipinski definition) is 3. The number of carbonyl (C=O) groups excluding carboxylic acids is 1. The zero-order valence-corrected chi connectivity index (χ0v) is 13.3. The van der Waals surface area contributed by atoms with Crippen LogP contribution in [0.15, 0.2) is 24.3 Å². The molecular weight excluding hydrogens is 262 g/mol. The summed E-state index contributed by atoms with van der Waals surface area (Å²) in [6, 6.07) is 8.17. The van der Waals surface area contributed by atoms with E-state index in [0.29, 0.717) is 24.9 Å². The molecule has 2 rings (SSSR count). The topological polar surface area (TPSA) is 29.5 Å². The van der Waals surface area contributed by atoms with Gasteiger partial charge in [-0.25, -0.2) is 0 Å². The number of para-hydroxylation sites is 1. The number of likely N-dealkylation sites (tertiary alicyclic amines) is 1. The van der Waals surface area contributed by atoms with Crippen LogP contribution in [0.2, 0.25) is 0 Å². The summed E-state index contributed by atoms with van der Waals surface area (Å²) in [6.45, 7) is 6.33. The number of hydrogen-bond donors (Lipinski definition) is 0. The van der Waals surface area contributed by atoms with Gasteiger partial charge in [0.25, 0.3) is 0 Å². The van der Waals surface area contributed by atoms with Crippen LogP contribution in [0.1, 0.15) is 56.3 Å². The molecule has 1 aliphatic rings. The molecule has 0 N–H and O–H groups in total. The molecule has 1 fully saturated rings. The van der Waals surface area contributed by atoms with Crippen LogP contribution in [-0.4, -0.2) is 36.4 Å². The molecule has 116 valence electrons. The van der Waals surface area contributed by atoms with Gasteiger partial charge in [-0.1, -0.05) is 31.9 Å². The third kappa shape index (κ3) is 4.31. The van der Waals surface area contributed by atoms with Crippen molar-refractivity contribution in [1.82, 2.24) is 4.90 Å². The summed E-state index contributed by atoms with van der Waals surface area (Å²) in [7, 11) is 0. The maximum absolute atomic E-state index is 12.6. The Morgan fingerprint density at radius 3 is 2.86 bits per heavy atom. The summed E-state index contributed by atoms with van der Waals surface area (Å²) in [5.74, 6) is 0.899. The number of piperidine rings is 1. The Morgan fingerprint density at radius 2 is 2.10 bits per heavy atom. The van der Waals surface area contributed by atoms with Crippen molar-refractivity contribution in [2.75, 3.05) is 19.7 Å². The van der Waals surface area contributed by atoms with Crippen LogP contribution in [0, 0.1) is 0 Å². The second kappa shape index (κ2) is 8.18. The van der Waals surface area contributed by atoms with Gasteiger partial charge >= 0.3 is 0 Å². The molecule has 0 aliphatic carbocycles. The Hall–Kier alpha value is -1.35. The quantitative estimate of drug-likeness (QED) is 0.712. The molecule has 21 heavy (non-hydrogen) atoms. The first kappa shape index (κ1) is 16.0. The summed E-state index contributed by atoms with van der Waals surface area (Å²) < 4.78 is 5.58. The Labute approximate surface area is 128 Å². The molecule has 0 spiro atoms. The SMILES string of the molecule is CCCC1CCCCN1CC(=O)c1ccccc1OCC. The van der Waals surface area contributed by atoms with Crippen molar-refractivity contribution < 1.29 is 9.53 Å². The predicted octanol–water partition coefficient (Wildman–Crippen LogP) is 3.92. The average molecular weight is 289 g/mol. The molecule has 0 radical (unpaired) electrons. The number of rotatable bonds is 7. The Morgan fingerprint density at radius 1 is 1.29 bits per heavy atom. The van der Waals surface area contributed by atoms with Crippen LogP contribution in [0.25, 0.3) is 0 Å². The second-order valence-electron chi connectivity index (χ2n) is 5.76. The van der Waals surface area contributed by atoms with Crippen molar-refractivity contribution in [2.24, 2.45) is 0 Å². The Balaban J connectivity index is 2.06. The number of Topliss-reactive ketones (excluding diaryl/α,β-unsaturated/α-hetero) is 1. The summed E-state index contributed by atoms with van der Waals surface area (Å²) in [6.07, 6.45) is 6.12. The molecule has 1 aromatic rings. The van der Waals surface area contributed by atoms with Gasteiger partial charge in [0.2, 0.25) is 0 Å². The van der Waals surface area contributed by atoms with E-state index in [1.807, 2.05) is 31.2 Å². The van der Waals surface area contributed by atoms with Crippen LogP contribution < -0.4 is 4.74 Å². The van der Waals surface area contributed by atoms with Gasteiger partial charge in [-0.05, 0) is 44.9 Å². The van der Waals surface area contributed by atoms with E-state index in [1.165, 1.54) is 32.1 Å². The van der Waals surface area contributed by atoms with E-state index in [2.05, 4.69) is 11.8 Å². The lowest BCUT2D eigenvalue weighted by Gasteiger charge is -2.35. The highest BCUT2D eigenvalue weighted by atomic mass is 16.5. The molecule has 0 bridgehead atoms. The lowest BCUT2D eigenvalue weighted by atomic mass is 9.97. The molecule has 1 atom stereocenters. The first-order valence-corrected chi connectivity index (χ1v) is 8.25. The van der Waals surface area contributed by atoms with Crippen molar-refractivity contribution in [3.05, 3.63) is 29.8 Å². The van der Waals surface area contributed by atoms with Crippen LogP contribution in [0.5, 0.6) is 5.75 Å². The van der Waals surface area contributed by atoms with Gasteiger partial charge in [0.05, 0.1) is 18.7 Å². The molecule has 0 aromatic heterocycles. The molecule has 1 aliphatic heterocycles. The predicted molar refractivity (Wildman–Crippen MR) is 86.1 cm³/mol. The van der Waals surface area contributed by atoms with Gasteiger partial charge in [0.15, 0.2) is 5.78 Å². The van der Waals surface area contributed by atoms with Crippen LogP contribution in [0.3, 0.4) is 0 Å². The molecule has 1 saturated heterocycles. The third-order valence-corrected chi connectivity index (χ3v) is 4.20. The summed E-state index contributed by atoms with van der Waals surface area (Å²) in [5.41, 5.74) is 0.722. The van der Waals surface area contributed by atoms with Crippen molar-refractivity contribution in [3.63, 3.8) is 0 Å². The monoisotopic (exact) mass is 289 g/mol. The number of benzene rings is 1. The molecule has 0 saturated carbocycles.